The van der Waals surface area contributed by atoms with Gasteiger partial charge in [-0.25, -0.2) is 17.7 Å². The van der Waals surface area contributed by atoms with E-state index in [0.717, 1.165) is 21.7 Å². The Balaban J connectivity index is 0.00000304. The number of anilines is 1. The molecule has 5 rings (SSSR count). The van der Waals surface area contributed by atoms with Crippen LogP contribution < -0.4 is 39.0 Å². The second-order valence-electron chi connectivity index (χ2n) is 8.15. The number of aromatic carboxylic acids is 1. The number of carboxylic acids is 1. The maximum Gasteiger partial charge on any atom is 1.00 e. The van der Waals surface area contributed by atoms with Crippen LogP contribution in [0.5, 0.6) is 0 Å². The smallest absolute Gasteiger partial charge is 0.545 e. The minimum atomic E-state index is -4.11. The number of carbonyl (C=O) groups is 1. The number of aromatic nitrogens is 2. The zero-order valence-corrected chi connectivity index (χ0v) is 22.6. The van der Waals surface area contributed by atoms with Crippen LogP contribution in [0.1, 0.15) is 21.5 Å². The molecule has 9 heteroatoms. The normalized spacial score (nSPS) is 11.2. The molecule has 36 heavy (non-hydrogen) atoms. The van der Waals surface area contributed by atoms with Gasteiger partial charge >= 0.3 is 29.6 Å². The molecule has 5 aromatic rings. The molecule has 0 amide bonds. The van der Waals surface area contributed by atoms with Gasteiger partial charge in [0, 0.05) is 28.7 Å². The molecule has 0 unspecified atom stereocenters. The number of nitrogens with zero attached hydrogens (tertiary/aromatic N) is 3. The van der Waals surface area contributed by atoms with Gasteiger partial charge in [0.05, 0.1) is 22.9 Å². The number of fused-ring (bicyclic) bond motifs is 2. The number of rotatable bonds is 6. The number of carboxylic acid groups (broad SMARTS) is 1. The third-order valence-electron chi connectivity index (χ3n) is 5.91. The van der Waals surface area contributed by atoms with E-state index in [4.69, 9.17) is 0 Å². The molecular weight excluding hydrogens is 485 g/mol. The molecule has 0 fully saturated rings. The Hall–Kier alpha value is -3.30. The Labute approximate surface area is 230 Å². The van der Waals surface area contributed by atoms with E-state index in [1.54, 1.807) is 12.4 Å². The quantitative estimate of drug-likeness (QED) is 0.317. The summed E-state index contributed by atoms with van der Waals surface area (Å²) >= 11 is 0. The van der Waals surface area contributed by atoms with Gasteiger partial charge in [-0.3, -0.25) is 4.98 Å². The molecular formula is C27H20N3NaO4S. The Morgan fingerprint density at radius 1 is 0.889 bits per heavy atom. The summed E-state index contributed by atoms with van der Waals surface area (Å²) < 4.78 is 29.0. The van der Waals surface area contributed by atoms with Crippen molar-refractivity contribution in [3.05, 3.63) is 108 Å². The molecule has 7 nitrogen and oxygen atoms in total. The molecule has 0 atom stereocenters. The number of aryl methyl sites for hydroxylation is 1. The maximum atomic E-state index is 13.9. The molecule has 0 spiro atoms. The first-order valence-corrected chi connectivity index (χ1v) is 12.3. The maximum absolute atomic E-state index is 13.9. The Morgan fingerprint density at radius 3 is 2.28 bits per heavy atom. The van der Waals surface area contributed by atoms with E-state index in [1.165, 1.54) is 28.6 Å². The third kappa shape index (κ3) is 4.85. The summed E-state index contributed by atoms with van der Waals surface area (Å²) in [7, 11) is -4.11. The molecule has 0 aliphatic heterocycles. The minimum Gasteiger partial charge on any atom is -0.545 e. The fraction of sp³-hybridized carbons (Fsp3) is 0.0741. The van der Waals surface area contributed by atoms with E-state index in [0.29, 0.717) is 16.9 Å². The van der Waals surface area contributed by atoms with Gasteiger partial charge in [0.25, 0.3) is 10.0 Å². The van der Waals surface area contributed by atoms with Crippen molar-refractivity contribution in [2.75, 3.05) is 4.31 Å². The van der Waals surface area contributed by atoms with Crippen molar-refractivity contribution in [3.8, 4) is 0 Å². The molecule has 2 aromatic heterocycles. The van der Waals surface area contributed by atoms with Crippen LogP contribution in [0.25, 0.3) is 21.7 Å². The molecule has 0 bridgehead atoms. The Morgan fingerprint density at radius 2 is 1.56 bits per heavy atom. The second kappa shape index (κ2) is 10.4. The van der Waals surface area contributed by atoms with Gasteiger partial charge in [-0.2, -0.15) is 0 Å². The van der Waals surface area contributed by atoms with Crippen molar-refractivity contribution in [1.82, 2.24) is 9.97 Å². The number of hydrogen-bond donors (Lipinski definition) is 0. The fourth-order valence-corrected chi connectivity index (χ4v) is 5.55. The zero-order chi connectivity index (χ0) is 24.6. The van der Waals surface area contributed by atoms with Crippen molar-refractivity contribution in [3.63, 3.8) is 0 Å². The Bertz CT molecular complexity index is 1690. The van der Waals surface area contributed by atoms with E-state index in [9.17, 15) is 18.3 Å². The van der Waals surface area contributed by atoms with Crippen LogP contribution in [0.15, 0.2) is 96.2 Å². The van der Waals surface area contributed by atoms with Crippen LogP contribution in [0.2, 0.25) is 0 Å². The molecule has 174 valence electrons. The van der Waals surface area contributed by atoms with Gasteiger partial charge in [-0.1, -0.05) is 54.6 Å². The topological polar surface area (TPSA) is 103 Å². The summed E-state index contributed by atoms with van der Waals surface area (Å²) in [4.78, 5) is 20.1. The Kier molecular flexibility index (Phi) is 7.42. The number of sulfonamides is 1. The van der Waals surface area contributed by atoms with E-state index in [1.807, 2.05) is 61.5 Å². The van der Waals surface area contributed by atoms with Crippen molar-refractivity contribution < 1.29 is 47.9 Å². The number of carbonyl (C=O) groups excluding carboxylic acids is 1. The van der Waals surface area contributed by atoms with E-state index in [-0.39, 0.29) is 46.6 Å². The monoisotopic (exact) mass is 505 g/mol. The van der Waals surface area contributed by atoms with Gasteiger partial charge < -0.3 is 9.90 Å². The number of pyridine rings is 2. The molecule has 0 N–H and O–H groups in total. The molecule has 0 aliphatic rings. The van der Waals surface area contributed by atoms with Crippen LogP contribution >= 0.6 is 0 Å². The summed E-state index contributed by atoms with van der Waals surface area (Å²) in [5.74, 6) is -1.08. The van der Waals surface area contributed by atoms with E-state index in [2.05, 4.69) is 9.97 Å². The zero-order valence-electron chi connectivity index (χ0n) is 19.8. The molecule has 0 aliphatic carbocycles. The summed E-state index contributed by atoms with van der Waals surface area (Å²) in [6, 6.07) is 22.1. The van der Waals surface area contributed by atoms with Crippen molar-refractivity contribution >= 4 is 43.5 Å². The molecule has 0 saturated carbocycles. The predicted octanol–water partition coefficient (Wildman–Crippen LogP) is 0.854. The average molecular weight is 506 g/mol. The van der Waals surface area contributed by atoms with Gasteiger partial charge in [-0.05, 0) is 47.7 Å². The first-order chi connectivity index (χ1) is 16.8. The number of benzene rings is 3. The van der Waals surface area contributed by atoms with Gasteiger partial charge in [0.15, 0.2) is 0 Å². The summed E-state index contributed by atoms with van der Waals surface area (Å²) in [5.41, 5.74) is 2.11. The van der Waals surface area contributed by atoms with Gasteiger partial charge in [0.1, 0.15) is 5.82 Å². The van der Waals surface area contributed by atoms with Crippen molar-refractivity contribution in [2.45, 2.75) is 18.4 Å². The molecule has 3 aromatic carbocycles. The van der Waals surface area contributed by atoms with Crippen molar-refractivity contribution in [2.24, 2.45) is 0 Å². The van der Waals surface area contributed by atoms with Crippen LogP contribution in [0.4, 0.5) is 5.82 Å². The van der Waals surface area contributed by atoms with E-state index >= 15 is 0 Å². The average Bonchev–Trinajstić information content (AvgIpc) is 2.88. The van der Waals surface area contributed by atoms with Crippen LogP contribution in [-0.2, 0) is 16.6 Å². The van der Waals surface area contributed by atoms with Gasteiger partial charge in [0.2, 0.25) is 0 Å². The van der Waals surface area contributed by atoms with Crippen molar-refractivity contribution in [1.29, 1.82) is 0 Å². The van der Waals surface area contributed by atoms with Crippen LogP contribution in [-0.4, -0.2) is 24.4 Å². The van der Waals surface area contributed by atoms with Crippen LogP contribution in [0.3, 0.4) is 0 Å². The van der Waals surface area contributed by atoms with Gasteiger partial charge in [-0.15, -0.1) is 0 Å². The van der Waals surface area contributed by atoms with E-state index < -0.39 is 16.0 Å². The minimum absolute atomic E-state index is 0. The standard InChI is InChI=1S/C27H21N3O4S.Na/c1-18-24-8-4-2-7-22(24)16-29-26(18)30(17-19-14-21-6-3-5-9-25(21)28-15-19)35(33,34)23-12-10-20(11-13-23)27(31)32;/h2-16H,17H2,1H3,(H,31,32);/q;+1/p-1. The molecule has 2 heterocycles. The summed E-state index contributed by atoms with van der Waals surface area (Å²) in [6.45, 7) is 1.83. The first-order valence-electron chi connectivity index (χ1n) is 10.9. The second-order valence-corrected chi connectivity index (χ2v) is 10.0. The molecule has 0 radical (unpaired) electrons. The third-order valence-corrected chi connectivity index (χ3v) is 7.66. The van der Waals surface area contributed by atoms with Crippen LogP contribution in [0, 0.1) is 6.92 Å². The molecule has 0 saturated heterocycles. The SMILES string of the molecule is Cc1c(N(Cc2cnc3ccccc3c2)S(=O)(=O)c2ccc(C(=O)[O-])cc2)ncc2ccccc12.[Na+]. The largest absolute Gasteiger partial charge is 1.00 e. The summed E-state index contributed by atoms with van der Waals surface area (Å²) in [5, 5.41) is 13.8. The number of hydrogen-bond acceptors (Lipinski definition) is 6. The fourth-order valence-electron chi connectivity index (χ4n) is 4.08. The predicted molar refractivity (Wildman–Crippen MR) is 132 cm³/mol. The number of para-hydroxylation sites is 1. The first kappa shape index (κ1) is 25.8. The summed E-state index contributed by atoms with van der Waals surface area (Å²) in [6.07, 6.45) is 3.30.